The van der Waals surface area contributed by atoms with Crippen molar-refractivity contribution in [3.8, 4) is 11.5 Å². The molecule has 2 N–H and O–H groups in total. The van der Waals surface area contributed by atoms with Crippen molar-refractivity contribution in [2.75, 3.05) is 13.2 Å². The normalized spacial score (nSPS) is 10.2. The SMILES string of the molecule is CCCCOc1ccc(Br)cc1C(=O)NNC(=O)COc1cccc(C)c1. The molecule has 0 spiro atoms. The number of hydrogen-bond donors (Lipinski definition) is 2. The molecule has 27 heavy (non-hydrogen) atoms. The summed E-state index contributed by atoms with van der Waals surface area (Å²) in [6.45, 7) is 4.31. The summed E-state index contributed by atoms with van der Waals surface area (Å²) in [5, 5.41) is 0. The Labute approximate surface area is 167 Å². The third-order valence-corrected chi connectivity index (χ3v) is 4.11. The third kappa shape index (κ3) is 6.94. The number of halogens is 1. The second-order valence-corrected chi connectivity index (χ2v) is 6.87. The van der Waals surface area contributed by atoms with Gasteiger partial charge in [0, 0.05) is 4.47 Å². The van der Waals surface area contributed by atoms with E-state index in [1.54, 1.807) is 24.3 Å². The standard InChI is InChI=1S/C20H23BrN2O4/c1-3-4-10-26-18-9-8-15(21)12-17(18)20(25)23-22-19(24)13-27-16-7-5-6-14(2)11-16/h5-9,11-12H,3-4,10,13H2,1-2H3,(H,22,24)(H,23,25). The Hall–Kier alpha value is -2.54. The summed E-state index contributed by atoms with van der Waals surface area (Å²) in [6.07, 6.45) is 1.89. The van der Waals surface area contributed by atoms with Gasteiger partial charge in [0.05, 0.1) is 12.2 Å². The fraction of sp³-hybridized carbons (Fsp3) is 0.300. The van der Waals surface area contributed by atoms with Crippen LogP contribution < -0.4 is 20.3 Å². The third-order valence-electron chi connectivity index (χ3n) is 3.62. The van der Waals surface area contributed by atoms with E-state index < -0.39 is 11.8 Å². The highest BCUT2D eigenvalue weighted by atomic mass is 79.9. The molecule has 0 saturated carbocycles. The molecule has 7 heteroatoms. The number of amides is 2. The van der Waals surface area contributed by atoms with Gasteiger partial charge in [-0.2, -0.15) is 0 Å². The first kappa shape index (κ1) is 20.8. The van der Waals surface area contributed by atoms with E-state index in [1.807, 2.05) is 25.1 Å². The van der Waals surface area contributed by atoms with Crippen LogP contribution in [-0.2, 0) is 4.79 Å². The Morgan fingerprint density at radius 1 is 1.07 bits per heavy atom. The molecule has 0 aliphatic rings. The van der Waals surface area contributed by atoms with Crippen LogP contribution in [0, 0.1) is 6.92 Å². The zero-order chi connectivity index (χ0) is 19.6. The van der Waals surface area contributed by atoms with Gasteiger partial charge in [0.15, 0.2) is 6.61 Å². The maximum atomic E-state index is 12.4. The number of nitrogens with one attached hydrogen (secondary N) is 2. The van der Waals surface area contributed by atoms with Gasteiger partial charge < -0.3 is 9.47 Å². The van der Waals surface area contributed by atoms with Crippen molar-refractivity contribution in [2.24, 2.45) is 0 Å². The van der Waals surface area contributed by atoms with Crippen LogP contribution in [0.2, 0.25) is 0 Å². The Morgan fingerprint density at radius 2 is 1.89 bits per heavy atom. The molecule has 2 amide bonds. The van der Waals surface area contributed by atoms with Gasteiger partial charge in [-0.3, -0.25) is 20.4 Å². The molecule has 0 atom stereocenters. The summed E-state index contributed by atoms with van der Waals surface area (Å²) in [7, 11) is 0. The summed E-state index contributed by atoms with van der Waals surface area (Å²) in [4.78, 5) is 24.3. The molecule has 0 unspecified atom stereocenters. The summed E-state index contributed by atoms with van der Waals surface area (Å²) in [6, 6.07) is 12.5. The Balaban J connectivity index is 1.88. The van der Waals surface area contributed by atoms with Crippen molar-refractivity contribution >= 4 is 27.7 Å². The van der Waals surface area contributed by atoms with Crippen LogP contribution in [0.5, 0.6) is 11.5 Å². The number of rotatable bonds is 8. The van der Waals surface area contributed by atoms with Crippen LogP contribution in [-0.4, -0.2) is 25.0 Å². The van der Waals surface area contributed by atoms with Gasteiger partial charge in [-0.15, -0.1) is 0 Å². The minimum Gasteiger partial charge on any atom is -0.493 e. The number of carbonyl (C=O) groups excluding carboxylic acids is 2. The van der Waals surface area contributed by atoms with Gasteiger partial charge >= 0.3 is 0 Å². The maximum Gasteiger partial charge on any atom is 0.276 e. The van der Waals surface area contributed by atoms with E-state index in [0.29, 0.717) is 23.7 Å². The maximum absolute atomic E-state index is 12.4. The predicted molar refractivity (Wildman–Crippen MR) is 107 cm³/mol. The van der Waals surface area contributed by atoms with Crippen molar-refractivity contribution in [2.45, 2.75) is 26.7 Å². The molecule has 2 aromatic carbocycles. The van der Waals surface area contributed by atoms with E-state index in [-0.39, 0.29) is 6.61 Å². The van der Waals surface area contributed by atoms with E-state index >= 15 is 0 Å². The van der Waals surface area contributed by atoms with Gasteiger partial charge in [-0.05, 0) is 49.2 Å². The van der Waals surface area contributed by atoms with Crippen molar-refractivity contribution in [1.29, 1.82) is 0 Å². The lowest BCUT2D eigenvalue weighted by Crippen LogP contribution is -2.44. The molecule has 0 bridgehead atoms. The van der Waals surface area contributed by atoms with Crippen LogP contribution in [0.15, 0.2) is 46.9 Å². The van der Waals surface area contributed by atoms with Crippen LogP contribution in [0.3, 0.4) is 0 Å². The van der Waals surface area contributed by atoms with Gasteiger partial charge in [-0.25, -0.2) is 0 Å². The van der Waals surface area contributed by atoms with Gasteiger partial charge in [0.1, 0.15) is 11.5 Å². The fourth-order valence-corrected chi connectivity index (χ4v) is 2.58. The molecular weight excluding hydrogens is 412 g/mol. The molecule has 0 aliphatic carbocycles. The zero-order valence-corrected chi connectivity index (χ0v) is 17.0. The molecule has 0 aliphatic heterocycles. The molecular formula is C20H23BrN2O4. The highest BCUT2D eigenvalue weighted by Gasteiger charge is 2.14. The van der Waals surface area contributed by atoms with E-state index in [9.17, 15) is 9.59 Å². The molecule has 0 radical (unpaired) electrons. The Bertz CT molecular complexity index is 795. The average Bonchev–Trinajstić information content (AvgIpc) is 2.65. The lowest BCUT2D eigenvalue weighted by atomic mass is 10.2. The molecule has 0 fully saturated rings. The summed E-state index contributed by atoms with van der Waals surface area (Å²) in [5.74, 6) is 0.129. The number of unbranched alkanes of at least 4 members (excludes halogenated alkanes) is 1. The number of hydrogen-bond acceptors (Lipinski definition) is 4. The highest BCUT2D eigenvalue weighted by molar-refractivity contribution is 9.10. The van der Waals surface area contributed by atoms with Crippen LogP contribution in [0.4, 0.5) is 0 Å². The number of hydrazine groups is 1. The van der Waals surface area contributed by atoms with Crippen LogP contribution >= 0.6 is 15.9 Å². The lowest BCUT2D eigenvalue weighted by molar-refractivity contribution is -0.123. The molecule has 0 aromatic heterocycles. The molecule has 6 nitrogen and oxygen atoms in total. The number of benzene rings is 2. The molecule has 2 rings (SSSR count). The molecule has 0 saturated heterocycles. The monoisotopic (exact) mass is 434 g/mol. The van der Waals surface area contributed by atoms with Crippen molar-refractivity contribution < 1.29 is 19.1 Å². The molecule has 0 heterocycles. The first-order valence-electron chi connectivity index (χ1n) is 8.70. The number of carbonyl (C=O) groups is 2. The predicted octanol–water partition coefficient (Wildman–Crippen LogP) is 3.78. The van der Waals surface area contributed by atoms with Crippen LogP contribution in [0.1, 0.15) is 35.7 Å². The van der Waals surface area contributed by atoms with Gasteiger partial charge in [0.25, 0.3) is 11.8 Å². The topological polar surface area (TPSA) is 76.7 Å². The van der Waals surface area contributed by atoms with Crippen molar-refractivity contribution in [3.63, 3.8) is 0 Å². The van der Waals surface area contributed by atoms with E-state index in [2.05, 4.69) is 33.7 Å². The minimum atomic E-state index is -0.466. The highest BCUT2D eigenvalue weighted by Crippen LogP contribution is 2.23. The van der Waals surface area contributed by atoms with Gasteiger partial charge in [-0.1, -0.05) is 41.4 Å². The summed E-state index contributed by atoms with van der Waals surface area (Å²) < 4.78 is 11.8. The lowest BCUT2D eigenvalue weighted by Gasteiger charge is -2.13. The van der Waals surface area contributed by atoms with Crippen LogP contribution in [0.25, 0.3) is 0 Å². The van der Waals surface area contributed by atoms with E-state index in [1.165, 1.54) is 0 Å². The van der Waals surface area contributed by atoms with E-state index in [4.69, 9.17) is 9.47 Å². The second-order valence-electron chi connectivity index (χ2n) is 5.95. The summed E-state index contributed by atoms with van der Waals surface area (Å²) in [5.41, 5.74) is 6.10. The molecule has 2 aromatic rings. The minimum absolute atomic E-state index is 0.206. The van der Waals surface area contributed by atoms with E-state index in [0.717, 1.165) is 22.9 Å². The number of ether oxygens (including phenoxy) is 2. The zero-order valence-electron chi connectivity index (χ0n) is 15.4. The largest absolute Gasteiger partial charge is 0.493 e. The van der Waals surface area contributed by atoms with Crippen molar-refractivity contribution in [3.05, 3.63) is 58.1 Å². The van der Waals surface area contributed by atoms with Gasteiger partial charge in [0.2, 0.25) is 0 Å². The second kappa shape index (κ2) is 10.6. The average molecular weight is 435 g/mol. The Morgan fingerprint density at radius 3 is 2.63 bits per heavy atom. The summed E-state index contributed by atoms with van der Waals surface area (Å²) >= 11 is 3.34. The molecule has 144 valence electrons. The fourth-order valence-electron chi connectivity index (χ4n) is 2.22. The quantitative estimate of drug-likeness (QED) is 0.489. The Kier molecular flexibility index (Phi) is 8.13. The first-order chi connectivity index (χ1) is 13.0. The number of aryl methyl sites for hydroxylation is 1. The first-order valence-corrected chi connectivity index (χ1v) is 9.50. The smallest absolute Gasteiger partial charge is 0.276 e. The van der Waals surface area contributed by atoms with Crippen molar-refractivity contribution in [1.82, 2.24) is 10.9 Å².